The molecule has 0 radical (unpaired) electrons. The Kier molecular flexibility index (Phi) is 2.70. The number of hydrogen-bond donors (Lipinski definition) is 0. The zero-order valence-electron chi connectivity index (χ0n) is 9.30. The lowest BCUT2D eigenvalue weighted by Crippen LogP contribution is -2.29. The van der Waals surface area contributed by atoms with Crippen LogP contribution in [-0.2, 0) is 12.7 Å². The zero-order valence-corrected chi connectivity index (χ0v) is 9.30. The van der Waals surface area contributed by atoms with Gasteiger partial charge in [-0.1, -0.05) is 13.0 Å². The number of hydrogen-bond acceptors (Lipinski definition) is 1. The van der Waals surface area contributed by atoms with E-state index in [1.807, 2.05) is 18.9 Å². The lowest BCUT2D eigenvalue weighted by molar-refractivity contribution is -0.137. The molecule has 1 aromatic carbocycles. The van der Waals surface area contributed by atoms with Crippen molar-refractivity contribution in [1.82, 2.24) is 4.90 Å². The third-order valence-corrected chi connectivity index (χ3v) is 3.03. The summed E-state index contributed by atoms with van der Waals surface area (Å²) < 4.78 is 37.6. The minimum absolute atomic E-state index is 0.302. The Bertz CT molecular complexity index is 398. The third-order valence-electron chi connectivity index (χ3n) is 3.03. The Balaban J connectivity index is 2.42. The minimum Gasteiger partial charge on any atom is -0.302 e. The van der Waals surface area contributed by atoms with Crippen molar-refractivity contribution in [2.75, 3.05) is 13.6 Å². The van der Waals surface area contributed by atoms with Crippen molar-refractivity contribution in [1.29, 1.82) is 0 Å². The van der Waals surface area contributed by atoms with Crippen molar-refractivity contribution in [2.45, 2.75) is 25.6 Å². The molecule has 4 heteroatoms. The predicted molar refractivity (Wildman–Crippen MR) is 56.2 cm³/mol. The first-order chi connectivity index (χ1) is 7.38. The molecule has 0 bridgehead atoms. The highest BCUT2D eigenvalue weighted by Gasteiger charge is 2.32. The van der Waals surface area contributed by atoms with Crippen LogP contribution in [0.25, 0.3) is 0 Å². The fourth-order valence-corrected chi connectivity index (χ4v) is 2.32. The topological polar surface area (TPSA) is 3.24 Å². The van der Waals surface area contributed by atoms with Gasteiger partial charge in [-0.25, -0.2) is 0 Å². The quantitative estimate of drug-likeness (QED) is 0.660. The van der Waals surface area contributed by atoms with Gasteiger partial charge in [0, 0.05) is 13.1 Å². The van der Waals surface area contributed by atoms with E-state index in [-0.39, 0.29) is 0 Å². The Labute approximate surface area is 92.9 Å². The largest absolute Gasteiger partial charge is 0.416 e. The molecule has 0 aromatic heterocycles. The van der Waals surface area contributed by atoms with Gasteiger partial charge in [-0.2, -0.15) is 13.2 Å². The van der Waals surface area contributed by atoms with E-state index in [1.54, 1.807) is 6.07 Å². The third kappa shape index (κ3) is 2.07. The maximum atomic E-state index is 12.5. The number of alkyl halides is 3. The molecule has 2 rings (SSSR count). The molecule has 0 spiro atoms. The summed E-state index contributed by atoms with van der Waals surface area (Å²) in [5.74, 6) is 0.302. The SMILES string of the molecule is CC1CN(C)Cc2cc(C(F)(F)F)ccc21. The van der Waals surface area contributed by atoms with Crippen molar-refractivity contribution < 1.29 is 13.2 Å². The number of nitrogens with zero attached hydrogens (tertiary/aromatic N) is 1. The van der Waals surface area contributed by atoms with Gasteiger partial charge in [0.2, 0.25) is 0 Å². The molecule has 0 fully saturated rings. The van der Waals surface area contributed by atoms with E-state index in [9.17, 15) is 13.2 Å². The van der Waals surface area contributed by atoms with E-state index in [2.05, 4.69) is 0 Å². The van der Waals surface area contributed by atoms with Crippen LogP contribution in [0, 0.1) is 0 Å². The summed E-state index contributed by atoms with van der Waals surface area (Å²) in [5, 5.41) is 0. The molecule has 1 aliphatic heterocycles. The number of fused-ring (bicyclic) bond motifs is 1. The van der Waals surface area contributed by atoms with Crippen LogP contribution in [-0.4, -0.2) is 18.5 Å². The monoisotopic (exact) mass is 229 g/mol. The molecule has 0 saturated carbocycles. The fraction of sp³-hybridized carbons (Fsp3) is 0.500. The fourth-order valence-electron chi connectivity index (χ4n) is 2.32. The average molecular weight is 229 g/mol. The van der Waals surface area contributed by atoms with Gasteiger partial charge < -0.3 is 4.90 Å². The van der Waals surface area contributed by atoms with E-state index in [4.69, 9.17) is 0 Å². The number of benzene rings is 1. The molecule has 0 N–H and O–H groups in total. The highest BCUT2D eigenvalue weighted by atomic mass is 19.4. The van der Waals surface area contributed by atoms with Crippen LogP contribution in [0.3, 0.4) is 0 Å². The second kappa shape index (κ2) is 3.77. The van der Waals surface area contributed by atoms with Gasteiger partial charge in [-0.3, -0.25) is 0 Å². The molecule has 1 unspecified atom stereocenters. The molecule has 0 saturated heterocycles. The molecule has 0 amide bonds. The van der Waals surface area contributed by atoms with Crippen LogP contribution in [0.15, 0.2) is 18.2 Å². The normalized spacial score (nSPS) is 21.9. The zero-order chi connectivity index (χ0) is 11.9. The lowest BCUT2D eigenvalue weighted by atomic mass is 9.90. The molecular formula is C12H14F3N. The summed E-state index contributed by atoms with van der Waals surface area (Å²) in [6, 6.07) is 4.08. The van der Waals surface area contributed by atoms with Crippen molar-refractivity contribution in [2.24, 2.45) is 0 Å². The summed E-state index contributed by atoms with van der Waals surface area (Å²) in [6.07, 6.45) is -4.24. The second-order valence-electron chi connectivity index (χ2n) is 4.51. The van der Waals surface area contributed by atoms with Crippen LogP contribution in [0.2, 0.25) is 0 Å². The van der Waals surface area contributed by atoms with E-state index in [1.165, 1.54) is 12.1 Å². The van der Waals surface area contributed by atoms with Gasteiger partial charge in [-0.05, 0) is 36.2 Å². The van der Waals surface area contributed by atoms with Gasteiger partial charge >= 0.3 is 6.18 Å². The predicted octanol–water partition coefficient (Wildman–Crippen LogP) is 3.25. The van der Waals surface area contributed by atoms with Gasteiger partial charge in [-0.15, -0.1) is 0 Å². The van der Waals surface area contributed by atoms with Crippen molar-refractivity contribution in [3.8, 4) is 0 Å². The molecule has 16 heavy (non-hydrogen) atoms. The number of halogens is 3. The van der Waals surface area contributed by atoms with Gasteiger partial charge in [0.1, 0.15) is 0 Å². The highest BCUT2D eigenvalue weighted by Crippen LogP contribution is 2.34. The van der Waals surface area contributed by atoms with E-state index >= 15 is 0 Å². The van der Waals surface area contributed by atoms with Crippen LogP contribution in [0.4, 0.5) is 13.2 Å². The molecular weight excluding hydrogens is 215 g/mol. The second-order valence-corrected chi connectivity index (χ2v) is 4.51. The Morgan fingerprint density at radius 1 is 1.31 bits per heavy atom. The first-order valence-corrected chi connectivity index (χ1v) is 5.26. The average Bonchev–Trinajstić information content (AvgIpc) is 2.15. The summed E-state index contributed by atoms with van der Waals surface area (Å²) >= 11 is 0. The highest BCUT2D eigenvalue weighted by molar-refractivity contribution is 5.37. The van der Waals surface area contributed by atoms with E-state index in [0.29, 0.717) is 12.5 Å². The van der Waals surface area contributed by atoms with Crippen molar-refractivity contribution in [3.63, 3.8) is 0 Å². The van der Waals surface area contributed by atoms with Gasteiger partial charge in [0.25, 0.3) is 0 Å². The Hall–Kier alpha value is -1.03. The Morgan fingerprint density at radius 2 is 2.00 bits per heavy atom. The molecule has 1 atom stereocenters. The van der Waals surface area contributed by atoms with E-state index in [0.717, 1.165) is 17.7 Å². The molecule has 1 aromatic rings. The van der Waals surface area contributed by atoms with Crippen LogP contribution >= 0.6 is 0 Å². The molecule has 1 heterocycles. The van der Waals surface area contributed by atoms with E-state index < -0.39 is 11.7 Å². The summed E-state index contributed by atoms with van der Waals surface area (Å²) in [4.78, 5) is 2.05. The molecule has 1 aliphatic rings. The molecule has 88 valence electrons. The first kappa shape index (κ1) is 11.5. The lowest BCUT2D eigenvalue weighted by Gasteiger charge is -2.30. The maximum Gasteiger partial charge on any atom is 0.416 e. The standard InChI is InChI=1S/C12H14F3N/c1-8-6-16(2)7-9-5-10(12(13,14)15)3-4-11(8)9/h3-5,8H,6-7H2,1-2H3. The number of likely N-dealkylation sites (N-methyl/N-ethyl adjacent to an activating group) is 1. The van der Waals surface area contributed by atoms with Crippen molar-refractivity contribution >= 4 is 0 Å². The summed E-state index contributed by atoms with van der Waals surface area (Å²) in [5.41, 5.74) is 1.30. The summed E-state index contributed by atoms with van der Waals surface area (Å²) in [6.45, 7) is 3.55. The van der Waals surface area contributed by atoms with Crippen molar-refractivity contribution in [3.05, 3.63) is 34.9 Å². The molecule has 0 aliphatic carbocycles. The first-order valence-electron chi connectivity index (χ1n) is 5.26. The number of rotatable bonds is 0. The van der Waals surface area contributed by atoms with Crippen LogP contribution in [0.1, 0.15) is 29.5 Å². The molecule has 1 nitrogen and oxygen atoms in total. The minimum atomic E-state index is -4.24. The van der Waals surface area contributed by atoms with Crippen LogP contribution < -0.4 is 0 Å². The Morgan fingerprint density at radius 3 is 2.62 bits per heavy atom. The van der Waals surface area contributed by atoms with Gasteiger partial charge in [0.05, 0.1) is 5.56 Å². The smallest absolute Gasteiger partial charge is 0.302 e. The maximum absolute atomic E-state index is 12.5. The summed E-state index contributed by atoms with van der Waals surface area (Å²) in [7, 11) is 1.93. The van der Waals surface area contributed by atoms with Crippen LogP contribution in [0.5, 0.6) is 0 Å². The van der Waals surface area contributed by atoms with Gasteiger partial charge in [0.15, 0.2) is 0 Å².